The molecule has 7 nitrogen and oxygen atoms in total. The van der Waals surface area contributed by atoms with Crippen LogP contribution in [0.15, 0.2) is 35.6 Å². The molecule has 26 heavy (non-hydrogen) atoms. The molecule has 2 rings (SSSR count). The molecule has 0 spiro atoms. The number of nitrogens with zero attached hydrogens (tertiary/aromatic N) is 4. The lowest BCUT2D eigenvalue weighted by molar-refractivity contribution is 0.208. The van der Waals surface area contributed by atoms with Gasteiger partial charge in [0.1, 0.15) is 12.2 Å². The summed E-state index contributed by atoms with van der Waals surface area (Å²) >= 11 is 5.92. The van der Waals surface area contributed by atoms with Crippen LogP contribution in [-0.2, 0) is 24.1 Å². The SMILES string of the molecule is CCc1nncn1CCNC(=NCCOC)NCCc1ccc(Cl)cc1. The molecule has 0 bridgehead atoms. The molecule has 0 aliphatic heterocycles. The maximum absolute atomic E-state index is 5.92. The highest BCUT2D eigenvalue weighted by Crippen LogP contribution is 2.09. The van der Waals surface area contributed by atoms with E-state index in [2.05, 4.69) is 32.7 Å². The van der Waals surface area contributed by atoms with Crippen molar-refractivity contribution in [1.82, 2.24) is 25.4 Å². The molecule has 0 saturated carbocycles. The Hall–Kier alpha value is -2.12. The first kappa shape index (κ1) is 20.2. The van der Waals surface area contributed by atoms with Gasteiger partial charge in [0.25, 0.3) is 0 Å². The quantitative estimate of drug-likeness (QED) is 0.375. The maximum atomic E-state index is 5.92. The van der Waals surface area contributed by atoms with Gasteiger partial charge in [0.15, 0.2) is 5.96 Å². The van der Waals surface area contributed by atoms with E-state index >= 15 is 0 Å². The molecule has 0 amide bonds. The number of hydrogen-bond donors (Lipinski definition) is 2. The Morgan fingerprint density at radius 3 is 2.73 bits per heavy atom. The normalized spacial score (nSPS) is 11.6. The minimum Gasteiger partial charge on any atom is -0.383 e. The van der Waals surface area contributed by atoms with Crippen molar-refractivity contribution < 1.29 is 4.74 Å². The first-order chi connectivity index (χ1) is 12.7. The molecule has 2 N–H and O–H groups in total. The zero-order valence-electron chi connectivity index (χ0n) is 15.4. The molecule has 0 radical (unpaired) electrons. The monoisotopic (exact) mass is 378 g/mol. The molecular weight excluding hydrogens is 352 g/mol. The largest absolute Gasteiger partial charge is 0.383 e. The summed E-state index contributed by atoms with van der Waals surface area (Å²) in [4.78, 5) is 4.53. The van der Waals surface area contributed by atoms with Crippen LogP contribution in [0.4, 0.5) is 0 Å². The van der Waals surface area contributed by atoms with E-state index in [1.807, 2.05) is 28.8 Å². The Labute approximate surface area is 159 Å². The van der Waals surface area contributed by atoms with Gasteiger partial charge in [-0.15, -0.1) is 10.2 Å². The van der Waals surface area contributed by atoms with Crippen molar-refractivity contribution in [2.45, 2.75) is 26.3 Å². The molecule has 0 aliphatic rings. The predicted molar refractivity (Wildman–Crippen MR) is 105 cm³/mol. The van der Waals surface area contributed by atoms with Crippen LogP contribution in [0.1, 0.15) is 18.3 Å². The molecule has 0 fully saturated rings. The third-order valence-electron chi connectivity index (χ3n) is 3.84. The third-order valence-corrected chi connectivity index (χ3v) is 4.09. The van der Waals surface area contributed by atoms with Gasteiger partial charge in [0.2, 0.25) is 0 Å². The molecular formula is C18H27ClN6O. The summed E-state index contributed by atoms with van der Waals surface area (Å²) in [7, 11) is 1.68. The van der Waals surface area contributed by atoms with Gasteiger partial charge < -0.3 is 19.9 Å². The van der Waals surface area contributed by atoms with Crippen LogP contribution >= 0.6 is 11.6 Å². The van der Waals surface area contributed by atoms with Gasteiger partial charge in [-0.1, -0.05) is 30.7 Å². The molecule has 1 heterocycles. The number of hydrogen-bond acceptors (Lipinski definition) is 4. The highest BCUT2D eigenvalue weighted by Gasteiger charge is 2.03. The summed E-state index contributed by atoms with van der Waals surface area (Å²) in [5.74, 6) is 1.77. The average Bonchev–Trinajstić information content (AvgIpc) is 3.10. The standard InChI is InChI=1S/C18H27ClN6O/c1-3-17-24-23-14-25(17)12-10-21-18(22-11-13-26-2)20-9-8-15-4-6-16(19)7-5-15/h4-7,14H,3,8-13H2,1-2H3,(H2,20,21,22). The van der Waals surface area contributed by atoms with E-state index < -0.39 is 0 Å². The maximum Gasteiger partial charge on any atom is 0.191 e. The minimum absolute atomic E-state index is 0.593. The summed E-state index contributed by atoms with van der Waals surface area (Å²) in [6.45, 7) is 5.59. The number of aliphatic imine (C=N–C) groups is 1. The second-order valence-corrected chi connectivity index (χ2v) is 6.18. The van der Waals surface area contributed by atoms with E-state index in [-0.39, 0.29) is 0 Å². The van der Waals surface area contributed by atoms with Crippen molar-refractivity contribution in [2.24, 2.45) is 4.99 Å². The molecule has 1 aromatic heterocycles. The van der Waals surface area contributed by atoms with Crippen molar-refractivity contribution in [3.8, 4) is 0 Å². The fourth-order valence-corrected chi connectivity index (χ4v) is 2.56. The van der Waals surface area contributed by atoms with Crippen molar-refractivity contribution in [3.05, 3.63) is 47.0 Å². The van der Waals surface area contributed by atoms with E-state index in [0.29, 0.717) is 13.2 Å². The molecule has 2 aromatic rings. The fourth-order valence-electron chi connectivity index (χ4n) is 2.43. The van der Waals surface area contributed by atoms with Crippen molar-refractivity contribution in [2.75, 3.05) is 33.4 Å². The third kappa shape index (κ3) is 7.01. The Bertz CT molecular complexity index is 671. The summed E-state index contributed by atoms with van der Waals surface area (Å²) in [5, 5.41) is 15.5. The van der Waals surface area contributed by atoms with E-state index in [4.69, 9.17) is 16.3 Å². The summed E-state index contributed by atoms with van der Waals surface area (Å²) in [6, 6.07) is 7.90. The van der Waals surface area contributed by atoms with Crippen LogP contribution in [0, 0.1) is 0 Å². The van der Waals surface area contributed by atoms with Gasteiger partial charge in [-0.05, 0) is 24.1 Å². The van der Waals surface area contributed by atoms with E-state index in [9.17, 15) is 0 Å². The molecule has 1 aromatic carbocycles. The van der Waals surface area contributed by atoms with Crippen LogP contribution in [0.5, 0.6) is 0 Å². The summed E-state index contributed by atoms with van der Waals surface area (Å²) < 4.78 is 7.12. The topological polar surface area (TPSA) is 76.4 Å². The van der Waals surface area contributed by atoms with Gasteiger partial charge in [-0.3, -0.25) is 4.99 Å². The van der Waals surface area contributed by atoms with Gasteiger partial charge in [-0.2, -0.15) is 0 Å². The van der Waals surface area contributed by atoms with Crippen molar-refractivity contribution in [3.63, 3.8) is 0 Å². The van der Waals surface area contributed by atoms with Gasteiger partial charge in [0.05, 0.1) is 13.2 Å². The van der Waals surface area contributed by atoms with Crippen LogP contribution in [0.2, 0.25) is 5.02 Å². The van der Waals surface area contributed by atoms with E-state index in [1.165, 1.54) is 5.56 Å². The number of rotatable bonds is 10. The number of aryl methyl sites for hydroxylation is 1. The van der Waals surface area contributed by atoms with Crippen LogP contribution < -0.4 is 10.6 Å². The zero-order valence-corrected chi connectivity index (χ0v) is 16.2. The number of guanidine groups is 1. The smallest absolute Gasteiger partial charge is 0.191 e. The number of benzene rings is 1. The summed E-state index contributed by atoms with van der Waals surface area (Å²) in [6.07, 6.45) is 3.53. The number of nitrogens with one attached hydrogen (secondary N) is 2. The van der Waals surface area contributed by atoms with Gasteiger partial charge >= 0.3 is 0 Å². The molecule has 0 aliphatic carbocycles. The van der Waals surface area contributed by atoms with E-state index in [0.717, 1.165) is 49.3 Å². The number of aromatic nitrogens is 3. The Morgan fingerprint density at radius 1 is 1.23 bits per heavy atom. The highest BCUT2D eigenvalue weighted by atomic mass is 35.5. The number of halogens is 1. The highest BCUT2D eigenvalue weighted by molar-refractivity contribution is 6.30. The lowest BCUT2D eigenvalue weighted by Crippen LogP contribution is -2.40. The van der Waals surface area contributed by atoms with Crippen LogP contribution in [0.3, 0.4) is 0 Å². The molecule has 8 heteroatoms. The lowest BCUT2D eigenvalue weighted by Gasteiger charge is -2.13. The van der Waals surface area contributed by atoms with Crippen LogP contribution in [0.25, 0.3) is 0 Å². The second kappa shape index (κ2) is 11.5. The van der Waals surface area contributed by atoms with Gasteiger partial charge in [0, 0.05) is 38.2 Å². The minimum atomic E-state index is 0.593. The lowest BCUT2D eigenvalue weighted by atomic mass is 10.1. The molecule has 0 unspecified atom stereocenters. The molecule has 0 atom stereocenters. The first-order valence-electron chi connectivity index (χ1n) is 8.85. The second-order valence-electron chi connectivity index (χ2n) is 5.75. The van der Waals surface area contributed by atoms with Crippen molar-refractivity contribution in [1.29, 1.82) is 0 Å². The molecule has 0 saturated heterocycles. The van der Waals surface area contributed by atoms with Gasteiger partial charge in [-0.25, -0.2) is 0 Å². The first-order valence-corrected chi connectivity index (χ1v) is 9.23. The van der Waals surface area contributed by atoms with E-state index in [1.54, 1.807) is 13.4 Å². The summed E-state index contributed by atoms with van der Waals surface area (Å²) in [5.41, 5.74) is 1.23. The number of methoxy groups -OCH3 is 1. The number of ether oxygens (including phenoxy) is 1. The van der Waals surface area contributed by atoms with Crippen molar-refractivity contribution >= 4 is 17.6 Å². The average molecular weight is 379 g/mol. The molecule has 142 valence electrons. The fraction of sp³-hybridized carbons (Fsp3) is 0.500. The Balaban J connectivity index is 1.80. The Morgan fingerprint density at radius 2 is 2.00 bits per heavy atom. The van der Waals surface area contributed by atoms with Crippen LogP contribution in [-0.4, -0.2) is 54.1 Å². The predicted octanol–water partition coefficient (Wildman–Crippen LogP) is 1.92. The Kier molecular flexibility index (Phi) is 8.92. The zero-order chi connectivity index (χ0) is 18.6.